The Balaban J connectivity index is 2.66. The van der Waals surface area contributed by atoms with E-state index >= 15 is 0 Å². The zero-order valence-electron chi connectivity index (χ0n) is 7.60. The lowest BCUT2D eigenvalue weighted by atomic mass is 9.98. The van der Waals surface area contributed by atoms with Gasteiger partial charge in [0.2, 0.25) is 0 Å². The number of thiophene rings is 1. The minimum absolute atomic E-state index is 0.261. The van der Waals surface area contributed by atoms with E-state index in [0.717, 1.165) is 17.7 Å². The van der Waals surface area contributed by atoms with E-state index in [9.17, 15) is 5.11 Å². The molecule has 13 heavy (non-hydrogen) atoms. The molecule has 0 spiro atoms. The van der Waals surface area contributed by atoms with Gasteiger partial charge < -0.3 is 5.11 Å². The summed E-state index contributed by atoms with van der Waals surface area (Å²) in [6.07, 6.45) is 1.08. The summed E-state index contributed by atoms with van der Waals surface area (Å²) in [6, 6.07) is 5.91. The summed E-state index contributed by atoms with van der Waals surface area (Å²) in [6.45, 7) is 2.02. The van der Waals surface area contributed by atoms with E-state index in [4.69, 9.17) is 5.26 Å². The summed E-state index contributed by atoms with van der Waals surface area (Å²) in [4.78, 5) is 0.889. The van der Waals surface area contributed by atoms with E-state index in [1.54, 1.807) is 0 Å². The molecule has 2 nitrogen and oxygen atoms in total. The third-order valence-electron chi connectivity index (χ3n) is 1.98. The second-order valence-electron chi connectivity index (χ2n) is 2.98. The van der Waals surface area contributed by atoms with Crippen molar-refractivity contribution >= 4 is 11.3 Å². The average molecular weight is 195 g/mol. The third-order valence-corrected chi connectivity index (χ3v) is 2.92. The molecule has 1 aromatic rings. The smallest absolute Gasteiger partial charge is 0.104 e. The Morgan fingerprint density at radius 3 is 2.92 bits per heavy atom. The van der Waals surface area contributed by atoms with Crippen LogP contribution in [0.5, 0.6) is 0 Å². The Morgan fingerprint density at radius 1 is 1.69 bits per heavy atom. The van der Waals surface area contributed by atoms with Crippen molar-refractivity contribution in [1.82, 2.24) is 0 Å². The Bertz CT molecular complexity index is 276. The van der Waals surface area contributed by atoms with Crippen molar-refractivity contribution in [2.45, 2.75) is 25.9 Å². The largest absolute Gasteiger partial charge is 0.386 e. The molecule has 1 N–H and O–H groups in total. The highest BCUT2D eigenvalue weighted by molar-refractivity contribution is 7.10. The normalized spacial score (nSPS) is 14.8. The molecule has 1 heterocycles. The van der Waals surface area contributed by atoms with Crippen LogP contribution in [0, 0.1) is 17.2 Å². The number of rotatable bonds is 4. The number of hydrogen-bond donors (Lipinski definition) is 1. The van der Waals surface area contributed by atoms with E-state index in [1.807, 2.05) is 24.4 Å². The molecular formula is C10H13NOS. The minimum atomic E-state index is -0.607. The second-order valence-corrected chi connectivity index (χ2v) is 3.96. The van der Waals surface area contributed by atoms with E-state index in [-0.39, 0.29) is 5.92 Å². The van der Waals surface area contributed by atoms with E-state index in [0.29, 0.717) is 0 Å². The number of nitrogens with zero attached hydrogens (tertiary/aromatic N) is 1. The Morgan fingerprint density at radius 2 is 2.46 bits per heavy atom. The molecule has 2 atom stereocenters. The van der Waals surface area contributed by atoms with Gasteiger partial charge in [0.25, 0.3) is 0 Å². The summed E-state index contributed by atoms with van der Waals surface area (Å²) < 4.78 is 0. The van der Waals surface area contributed by atoms with Gasteiger partial charge >= 0.3 is 0 Å². The van der Waals surface area contributed by atoms with Gasteiger partial charge in [-0.2, -0.15) is 5.26 Å². The van der Waals surface area contributed by atoms with Gasteiger partial charge in [0, 0.05) is 4.88 Å². The summed E-state index contributed by atoms with van der Waals surface area (Å²) >= 11 is 1.50. The first-order chi connectivity index (χ1) is 6.29. The van der Waals surface area contributed by atoms with Gasteiger partial charge in [-0.25, -0.2) is 0 Å². The van der Waals surface area contributed by atoms with Crippen molar-refractivity contribution in [3.05, 3.63) is 22.4 Å². The van der Waals surface area contributed by atoms with Crippen molar-refractivity contribution < 1.29 is 5.11 Å². The molecule has 1 aromatic heterocycles. The summed E-state index contributed by atoms with van der Waals surface area (Å²) in [5, 5.41) is 20.5. The summed E-state index contributed by atoms with van der Waals surface area (Å²) in [5.41, 5.74) is 0. The number of nitriles is 1. The summed E-state index contributed by atoms with van der Waals surface area (Å²) in [5.74, 6) is -0.261. The average Bonchev–Trinajstić information content (AvgIpc) is 2.65. The van der Waals surface area contributed by atoms with Gasteiger partial charge in [-0.15, -0.1) is 11.3 Å². The van der Waals surface area contributed by atoms with Crippen LogP contribution in [-0.4, -0.2) is 5.11 Å². The molecule has 0 saturated heterocycles. The molecule has 0 aliphatic heterocycles. The van der Waals surface area contributed by atoms with Gasteiger partial charge in [0.1, 0.15) is 6.10 Å². The first-order valence-corrected chi connectivity index (χ1v) is 5.28. The Kier molecular flexibility index (Phi) is 3.94. The highest BCUT2D eigenvalue weighted by atomic mass is 32.1. The molecule has 0 bridgehead atoms. The van der Waals surface area contributed by atoms with Crippen LogP contribution < -0.4 is 0 Å². The lowest BCUT2D eigenvalue weighted by Gasteiger charge is -2.13. The molecule has 2 unspecified atom stereocenters. The first kappa shape index (κ1) is 10.2. The van der Waals surface area contributed by atoms with Crippen LogP contribution in [0.4, 0.5) is 0 Å². The fourth-order valence-corrected chi connectivity index (χ4v) is 2.04. The molecular weight excluding hydrogens is 182 g/mol. The molecule has 0 aliphatic rings. The van der Waals surface area contributed by atoms with Gasteiger partial charge in [0.05, 0.1) is 12.0 Å². The minimum Gasteiger partial charge on any atom is -0.386 e. The molecule has 0 radical (unpaired) electrons. The zero-order chi connectivity index (χ0) is 9.68. The van der Waals surface area contributed by atoms with Gasteiger partial charge in [-0.1, -0.05) is 19.4 Å². The van der Waals surface area contributed by atoms with Gasteiger partial charge in [-0.05, 0) is 17.9 Å². The van der Waals surface area contributed by atoms with Crippen LogP contribution in [0.2, 0.25) is 0 Å². The van der Waals surface area contributed by atoms with E-state index in [1.165, 1.54) is 11.3 Å². The van der Waals surface area contributed by atoms with Crippen LogP contribution in [0.25, 0.3) is 0 Å². The third kappa shape index (κ3) is 2.55. The number of hydrogen-bond acceptors (Lipinski definition) is 3. The fraction of sp³-hybridized carbons (Fsp3) is 0.500. The number of aliphatic hydroxyl groups excluding tert-OH is 1. The lowest BCUT2D eigenvalue weighted by Crippen LogP contribution is -2.08. The second kappa shape index (κ2) is 5.00. The Labute approximate surface area is 82.4 Å². The van der Waals surface area contributed by atoms with Crippen molar-refractivity contribution in [2.24, 2.45) is 5.92 Å². The highest BCUT2D eigenvalue weighted by Crippen LogP contribution is 2.28. The maximum Gasteiger partial charge on any atom is 0.104 e. The van der Waals surface area contributed by atoms with Gasteiger partial charge in [-0.3, -0.25) is 0 Å². The zero-order valence-corrected chi connectivity index (χ0v) is 8.42. The van der Waals surface area contributed by atoms with E-state index < -0.39 is 6.10 Å². The molecule has 0 amide bonds. The lowest BCUT2D eigenvalue weighted by molar-refractivity contribution is 0.133. The van der Waals surface area contributed by atoms with Crippen molar-refractivity contribution in [2.75, 3.05) is 0 Å². The molecule has 0 aliphatic carbocycles. The van der Waals surface area contributed by atoms with Crippen LogP contribution in [0.1, 0.15) is 30.7 Å². The predicted molar refractivity (Wildman–Crippen MR) is 53.3 cm³/mol. The SMILES string of the molecule is CCCC(C#N)C(O)c1cccs1. The van der Waals surface area contributed by atoms with Crippen LogP contribution in [0.3, 0.4) is 0 Å². The molecule has 0 aromatic carbocycles. The highest BCUT2D eigenvalue weighted by Gasteiger charge is 2.20. The molecule has 70 valence electrons. The molecule has 1 rings (SSSR count). The van der Waals surface area contributed by atoms with Gasteiger partial charge in [0.15, 0.2) is 0 Å². The molecule has 0 saturated carbocycles. The number of aliphatic hydroxyl groups is 1. The predicted octanol–water partition coefficient (Wildman–Crippen LogP) is 2.72. The molecule has 0 fully saturated rings. The fourth-order valence-electron chi connectivity index (χ4n) is 1.26. The topological polar surface area (TPSA) is 44.0 Å². The van der Waals surface area contributed by atoms with E-state index in [2.05, 4.69) is 6.07 Å². The van der Waals surface area contributed by atoms with Crippen molar-refractivity contribution in [3.8, 4) is 6.07 Å². The first-order valence-electron chi connectivity index (χ1n) is 4.40. The van der Waals surface area contributed by atoms with Crippen LogP contribution >= 0.6 is 11.3 Å². The van der Waals surface area contributed by atoms with Crippen LogP contribution in [0.15, 0.2) is 17.5 Å². The monoisotopic (exact) mass is 195 g/mol. The molecule has 3 heteroatoms. The Hall–Kier alpha value is -0.850. The standard InChI is InChI=1S/C10H13NOS/c1-2-4-8(7-11)10(12)9-5-3-6-13-9/h3,5-6,8,10,12H,2,4H2,1H3. The van der Waals surface area contributed by atoms with Crippen molar-refractivity contribution in [3.63, 3.8) is 0 Å². The van der Waals surface area contributed by atoms with Crippen molar-refractivity contribution in [1.29, 1.82) is 5.26 Å². The maximum atomic E-state index is 9.79. The maximum absolute atomic E-state index is 9.79. The summed E-state index contributed by atoms with van der Waals surface area (Å²) in [7, 11) is 0. The van der Waals surface area contributed by atoms with Crippen LogP contribution in [-0.2, 0) is 0 Å². The quantitative estimate of drug-likeness (QED) is 0.802.